The molecule has 1 aromatic heterocycles. The average Bonchev–Trinajstić information content (AvgIpc) is 3.06. The van der Waals surface area contributed by atoms with Crippen molar-refractivity contribution in [2.45, 2.75) is 6.54 Å². The number of fused-ring (bicyclic) bond motifs is 1. The molecule has 1 N–H and O–H groups in total. The molecule has 0 spiro atoms. The Hall–Kier alpha value is -2.43. The summed E-state index contributed by atoms with van der Waals surface area (Å²) in [6.45, 7) is 5.69. The predicted molar refractivity (Wildman–Crippen MR) is 104 cm³/mol. The number of piperazine rings is 1. The maximum absolute atomic E-state index is 4.39. The Balaban J connectivity index is 1.42. The molecule has 4 rings (SSSR count). The number of nitrogens with zero attached hydrogens (tertiary/aromatic N) is 3. The molecule has 3 aromatic rings. The Bertz CT molecular complexity index is 855. The van der Waals surface area contributed by atoms with Crippen LogP contribution in [0.4, 0.5) is 0 Å². The standard InChI is InChI=1S/C21H24N4/c1-24-12-14-25(15-13-24)16-18-8-6-17(7-9-18)10-11-21-19-4-2-3-5-20(19)22-23-21/h2-11H,12-16H2,1H3,(H,22,23)/b11-10+. The lowest BCUT2D eigenvalue weighted by atomic mass is 10.1. The van der Waals surface area contributed by atoms with Crippen LogP contribution in [0.3, 0.4) is 0 Å². The summed E-state index contributed by atoms with van der Waals surface area (Å²) in [6, 6.07) is 17.1. The molecule has 1 saturated heterocycles. The van der Waals surface area contributed by atoms with Crippen molar-refractivity contribution < 1.29 is 0 Å². The molecule has 0 saturated carbocycles. The first-order valence-corrected chi connectivity index (χ1v) is 8.89. The van der Waals surface area contributed by atoms with E-state index in [4.69, 9.17) is 0 Å². The van der Waals surface area contributed by atoms with Crippen LogP contribution < -0.4 is 0 Å². The van der Waals surface area contributed by atoms with Crippen LogP contribution in [0.25, 0.3) is 23.1 Å². The number of rotatable bonds is 4. The molecule has 4 heteroatoms. The average molecular weight is 332 g/mol. The fourth-order valence-electron chi connectivity index (χ4n) is 3.29. The summed E-state index contributed by atoms with van der Waals surface area (Å²) in [4.78, 5) is 4.92. The summed E-state index contributed by atoms with van der Waals surface area (Å²) in [5.74, 6) is 0. The van der Waals surface area contributed by atoms with Gasteiger partial charge in [0.2, 0.25) is 0 Å². The van der Waals surface area contributed by atoms with Crippen molar-refractivity contribution in [2.24, 2.45) is 0 Å². The van der Waals surface area contributed by atoms with E-state index in [1.54, 1.807) is 0 Å². The summed E-state index contributed by atoms with van der Waals surface area (Å²) < 4.78 is 0. The molecule has 0 bridgehead atoms. The molecule has 1 aliphatic heterocycles. The summed E-state index contributed by atoms with van der Waals surface area (Å²) in [5.41, 5.74) is 4.64. The van der Waals surface area contributed by atoms with Gasteiger partial charge in [0.25, 0.3) is 0 Å². The third kappa shape index (κ3) is 3.81. The van der Waals surface area contributed by atoms with Gasteiger partial charge < -0.3 is 4.90 Å². The lowest BCUT2D eigenvalue weighted by Gasteiger charge is -2.32. The van der Waals surface area contributed by atoms with Crippen LogP contribution in [-0.2, 0) is 6.54 Å². The minimum Gasteiger partial charge on any atom is -0.304 e. The van der Waals surface area contributed by atoms with Crippen LogP contribution in [0.15, 0.2) is 48.5 Å². The van der Waals surface area contributed by atoms with Gasteiger partial charge in [-0.15, -0.1) is 0 Å². The van der Waals surface area contributed by atoms with E-state index >= 15 is 0 Å². The largest absolute Gasteiger partial charge is 0.304 e. The first-order chi connectivity index (χ1) is 12.3. The maximum atomic E-state index is 4.39. The Morgan fingerprint density at radius 2 is 1.72 bits per heavy atom. The van der Waals surface area contributed by atoms with Gasteiger partial charge in [0.15, 0.2) is 0 Å². The number of aromatic nitrogens is 2. The van der Waals surface area contributed by atoms with Crippen LogP contribution in [-0.4, -0.2) is 53.2 Å². The molecule has 25 heavy (non-hydrogen) atoms. The van der Waals surface area contributed by atoms with Crippen LogP contribution in [0, 0.1) is 0 Å². The fraction of sp³-hybridized carbons (Fsp3) is 0.286. The number of hydrogen-bond acceptors (Lipinski definition) is 3. The van der Waals surface area contributed by atoms with E-state index in [0.29, 0.717) is 0 Å². The van der Waals surface area contributed by atoms with Gasteiger partial charge in [0.05, 0.1) is 11.2 Å². The van der Waals surface area contributed by atoms with E-state index in [9.17, 15) is 0 Å². The van der Waals surface area contributed by atoms with Crippen molar-refractivity contribution in [2.75, 3.05) is 33.2 Å². The summed E-state index contributed by atoms with van der Waals surface area (Å²) in [6.07, 6.45) is 4.20. The van der Waals surface area contributed by atoms with E-state index in [1.807, 2.05) is 18.2 Å². The molecule has 0 aliphatic carbocycles. The highest BCUT2D eigenvalue weighted by Gasteiger charge is 2.13. The lowest BCUT2D eigenvalue weighted by Crippen LogP contribution is -2.43. The SMILES string of the molecule is CN1CCN(Cc2ccc(/C=C/c3n[nH]c4ccccc34)cc2)CC1. The molecular formula is C21H24N4. The van der Waals surface area contributed by atoms with Crippen molar-refractivity contribution in [3.63, 3.8) is 0 Å². The first-order valence-electron chi connectivity index (χ1n) is 8.89. The molecule has 2 heterocycles. The molecule has 1 aliphatic rings. The second-order valence-electron chi connectivity index (χ2n) is 6.81. The Kier molecular flexibility index (Phi) is 4.63. The van der Waals surface area contributed by atoms with Crippen LogP contribution in [0.1, 0.15) is 16.8 Å². The zero-order chi connectivity index (χ0) is 17.1. The number of aromatic amines is 1. The van der Waals surface area contributed by atoms with Gasteiger partial charge in [0.1, 0.15) is 0 Å². The minimum atomic E-state index is 0.983. The van der Waals surface area contributed by atoms with Gasteiger partial charge in [-0.25, -0.2) is 0 Å². The highest BCUT2D eigenvalue weighted by atomic mass is 15.2. The monoisotopic (exact) mass is 332 g/mol. The molecule has 0 amide bonds. The van der Waals surface area contributed by atoms with Gasteiger partial charge in [-0.3, -0.25) is 10.00 Å². The van der Waals surface area contributed by atoms with Gasteiger partial charge in [-0.2, -0.15) is 5.10 Å². The quantitative estimate of drug-likeness (QED) is 0.794. The van der Waals surface area contributed by atoms with Crippen LogP contribution in [0.5, 0.6) is 0 Å². The Morgan fingerprint density at radius 1 is 0.960 bits per heavy atom. The minimum absolute atomic E-state index is 0.983. The topological polar surface area (TPSA) is 35.2 Å². The molecule has 0 atom stereocenters. The van der Waals surface area contributed by atoms with Gasteiger partial charge in [0, 0.05) is 38.1 Å². The smallest absolute Gasteiger partial charge is 0.0927 e. The number of H-pyrrole nitrogens is 1. The second kappa shape index (κ2) is 7.21. The zero-order valence-corrected chi connectivity index (χ0v) is 14.7. The van der Waals surface area contributed by atoms with Gasteiger partial charge in [-0.05, 0) is 30.3 Å². The summed E-state index contributed by atoms with van der Waals surface area (Å²) in [7, 11) is 2.20. The van der Waals surface area contributed by atoms with Gasteiger partial charge in [-0.1, -0.05) is 48.5 Å². The van der Waals surface area contributed by atoms with Crippen molar-refractivity contribution in [3.05, 3.63) is 65.4 Å². The normalized spacial score (nSPS) is 16.8. The molecule has 2 aromatic carbocycles. The molecule has 4 nitrogen and oxygen atoms in total. The van der Waals surface area contributed by atoms with Crippen molar-refractivity contribution in [1.82, 2.24) is 20.0 Å². The van der Waals surface area contributed by atoms with Crippen molar-refractivity contribution in [1.29, 1.82) is 0 Å². The highest BCUT2D eigenvalue weighted by Crippen LogP contribution is 2.18. The van der Waals surface area contributed by atoms with Crippen molar-refractivity contribution >= 4 is 23.1 Å². The van der Waals surface area contributed by atoms with Crippen LogP contribution in [0.2, 0.25) is 0 Å². The molecule has 0 radical (unpaired) electrons. The highest BCUT2D eigenvalue weighted by molar-refractivity contribution is 5.89. The first kappa shape index (κ1) is 16.1. The number of benzene rings is 2. The van der Waals surface area contributed by atoms with E-state index in [2.05, 4.69) is 69.5 Å². The number of nitrogens with one attached hydrogen (secondary N) is 1. The van der Waals surface area contributed by atoms with Crippen molar-refractivity contribution in [3.8, 4) is 0 Å². The Morgan fingerprint density at radius 3 is 2.52 bits per heavy atom. The molecule has 128 valence electrons. The maximum Gasteiger partial charge on any atom is 0.0927 e. The predicted octanol–water partition coefficient (Wildman–Crippen LogP) is 3.48. The zero-order valence-electron chi connectivity index (χ0n) is 14.7. The third-order valence-electron chi connectivity index (χ3n) is 4.92. The molecule has 1 fully saturated rings. The van der Waals surface area contributed by atoms with E-state index in [0.717, 1.165) is 36.2 Å². The number of para-hydroxylation sites is 1. The fourth-order valence-corrected chi connectivity index (χ4v) is 3.29. The molecule has 0 unspecified atom stereocenters. The van der Waals surface area contributed by atoms with E-state index in [1.165, 1.54) is 24.2 Å². The van der Waals surface area contributed by atoms with E-state index < -0.39 is 0 Å². The van der Waals surface area contributed by atoms with E-state index in [-0.39, 0.29) is 0 Å². The number of hydrogen-bond donors (Lipinski definition) is 1. The summed E-state index contributed by atoms with van der Waals surface area (Å²) in [5, 5.41) is 8.62. The van der Waals surface area contributed by atoms with Crippen LogP contribution >= 0.6 is 0 Å². The number of likely N-dealkylation sites (N-methyl/N-ethyl adjacent to an activating group) is 1. The summed E-state index contributed by atoms with van der Waals surface area (Å²) >= 11 is 0. The second-order valence-corrected chi connectivity index (χ2v) is 6.81. The lowest BCUT2D eigenvalue weighted by molar-refractivity contribution is 0.148. The molecular weight excluding hydrogens is 308 g/mol. The van der Waals surface area contributed by atoms with Gasteiger partial charge >= 0.3 is 0 Å². The third-order valence-corrected chi connectivity index (χ3v) is 4.92. The Labute approximate surface area is 148 Å².